The summed E-state index contributed by atoms with van der Waals surface area (Å²) in [5, 5.41) is 22.1. The van der Waals surface area contributed by atoms with E-state index < -0.39 is 0 Å². The molecule has 0 aliphatic carbocycles. The van der Waals surface area contributed by atoms with E-state index in [1.165, 1.54) is 6.42 Å². The van der Waals surface area contributed by atoms with Crippen LogP contribution in [0.1, 0.15) is 75.7 Å². The molecule has 0 fully saturated rings. The first-order valence-corrected chi connectivity index (χ1v) is 15.2. The highest BCUT2D eigenvalue weighted by Gasteiger charge is 2.06. The number of azo groups is 2. The Kier molecular flexibility index (Phi) is 21.3. The minimum Gasteiger partial charge on any atom is -0.151 e. The van der Waals surface area contributed by atoms with E-state index in [1.807, 2.05) is 146 Å². The van der Waals surface area contributed by atoms with Gasteiger partial charge in [0.25, 0.3) is 0 Å². The molecule has 0 saturated carbocycles. The first kappa shape index (κ1) is 36.8. The van der Waals surface area contributed by atoms with E-state index >= 15 is 0 Å². The molecule has 0 N–H and O–H groups in total. The van der Waals surface area contributed by atoms with E-state index in [9.17, 15) is 0 Å². The van der Waals surface area contributed by atoms with Crippen molar-refractivity contribution < 1.29 is 0 Å². The lowest BCUT2D eigenvalue weighted by molar-refractivity contribution is 1.09. The highest BCUT2D eigenvalue weighted by atomic mass is 15.1. The van der Waals surface area contributed by atoms with E-state index in [4.69, 9.17) is 0 Å². The quantitative estimate of drug-likeness (QED) is 0.200. The summed E-state index contributed by atoms with van der Waals surface area (Å²) in [5.41, 5.74) is 3.28. The van der Waals surface area contributed by atoms with Crippen LogP contribution in [-0.4, -0.2) is 0 Å². The molecular formula is C37H50N4. The number of hydrogen-bond acceptors (Lipinski definition) is 4. The minimum atomic E-state index is 0.803. The van der Waals surface area contributed by atoms with Gasteiger partial charge in [-0.2, -0.15) is 5.11 Å². The highest BCUT2D eigenvalue weighted by molar-refractivity contribution is 6.00. The zero-order valence-corrected chi connectivity index (χ0v) is 26.9. The lowest BCUT2D eigenvalue weighted by Gasteiger charge is -2.05. The summed E-state index contributed by atoms with van der Waals surface area (Å²) < 4.78 is 0. The van der Waals surface area contributed by atoms with Crippen molar-refractivity contribution in [3.8, 4) is 0 Å². The largest absolute Gasteiger partial charge is 0.151 e. The lowest BCUT2D eigenvalue weighted by Crippen LogP contribution is -1.76. The molecule has 0 aromatic heterocycles. The predicted molar refractivity (Wildman–Crippen MR) is 184 cm³/mol. The molecule has 4 heteroatoms. The average molecular weight is 551 g/mol. The Hall–Kier alpha value is -4.18. The van der Waals surface area contributed by atoms with Crippen LogP contribution >= 0.6 is 0 Å². The molecule has 0 spiro atoms. The third-order valence-corrected chi connectivity index (χ3v) is 4.94. The molecule has 0 heterocycles. The van der Waals surface area contributed by atoms with Crippen LogP contribution < -0.4 is 0 Å². The zero-order valence-electron chi connectivity index (χ0n) is 26.9. The maximum Gasteiger partial charge on any atom is 0.0936 e. The van der Waals surface area contributed by atoms with Crippen molar-refractivity contribution in [3.63, 3.8) is 0 Å². The first-order valence-electron chi connectivity index (χ1n) is 15.2. The van der Waals surface area contributed by atoms with Crippen molar-refractivity contribution in [1.82, 2.24) is 0 Å². The van der Waals surface area contributed by atoms with Crippen molar-refractivity contribution in [2.75, 3.05) is 0 Å². The zero-order chi connectivity index (χ0) is 30.9. The Morgan fingerprint density at radius 2 is 0.732 bits per heavy atom. The van der Waals surface area contributed by atoms with Crippen molar-refractivity contribution in [3.05, 3.63) is 109 Å². The number of fused-ring (bicyclic) bond motifs is 2. The normalized spacial score (nSPS) is 9.61. The average Bonchev–Trinajstić information content (AvgIpc) is 3.07. The van der Waals surface area contributed by atoms with Gasteiger partial charge in [-0.05, 0) is 35.7 Å². The molecule has 4 nitrogen and oxygen atoms in total. The smallest absolute Gasteiger partial charge is 0.0936 e. The SMILES string of the molecule is CC.CC.CC.CC.CCC.c1ccc(N=Nc2ccc(N=Nc3cccc4ccccc34)c3ccccc23)cc1. The number of hydrogen-bond donors (Lipinski definition) is 0. The van der Waals surface area contributed by atoms with Gasteiger partial charge in [-0.1, -0.05) is 155 Å². The molecule has 0 aliphatic rings. The fraction of sp³-hybridized carbons (Fsp3) is 0.297. The maximum absolute atomic E-state index is 4.57. The molecule has 0 amide bonds. The monoisotopic (exact) mass is 550 g/mol. The first-order chi connectivity index (χ1) is 20.3. The number of benzene rings is 5. The molecule has 5 rings (SSSR count). The Morgan fingerprint density at radius 3 is 1.24 bits per heavy atom. The molecule has 0 atom stereocenters. The van der Waals surface area contributed by atoms with Crippen LogP contribution in [0.25, 0.3) is 21.5 Å². The Morgan fingerprint density at radius 1 is 0.366 bits per heavy atom. The van der Waals surface area contributed by atoms with Gasteiger partial charge in [0.2, 0.25) is 0 Å². The van der Waals surface area contributed by atoms with Gasteiger partial charge in [-0.25, -0.2) is 0 Å². The summed E-state index contributed by atoms with van der Waals surface area (Å²) in [7, 11) is 0. The van der Waals surface area contributed by atoms with Gasteiger partial charge in [-0.15, -0.1) is 15.3 Å². The van der Waals surface area contributed by atoms with Gasteiger partial charge >= 0.3 is 0 Å². The van der Waals surface area contributed by atoms with E-state index in [-0.39, 0.29) is 0 Å². The molecular weight excluding hydrogens is 500 g/mol. The van der Waals surface area contributed by atoms with E-state index in [0.29, 0.717) is 0 Å². The fourth-order valence-electron chi connectivity index (χ4n) is 3.45. The summed E-state index contributed by atoms with van der Waals surface area (Å²) in [6.07, 6.45) is 1.25. The molecule has 5 aromatic rings. The molecule has 5 aromatic carbocycles. The standard InChI is InChI=1S/C26H18N4.C3H8.4C2H6/c1-2-11-20(12-3-1)27-28-25-17-18-26(23-15-7-6-14-22(23)25)30-29-24-16-8-10-19-9-4-5-13-21(19)24;1-3-2;4*1-2/h1-18H;3H2,1-2H3;4*1-2H3. The van der Waals surface area contributed by atoms with Crippen LogP contribution in [0.3, 0.4) is 0 Å². The minimum absolute atomic E-state index is 0.803. The van der Waals surface area contributed by atoms with Gasteiger partial charge in [0, 0.05) is 16.2 Å². The second-order valence-electron chi connectivity index (χ2n) is 7.59. The molecule has 218 valence electrons. The molecule has 0 saturated heterocycles. The van der Waals surface area contributed by atoms with Gasteiger partial charge in [0.1, 0.15) is 0 Å². The van der Waals surface area contributed by atoms with Crippen molar-refractivity contribution in [2.24, 2.45) is 20.5 Å². The molecule has 0 unspecified atom stereocenters. The molecule has 0 bridgehead atoms. The molecule has 41 heavy (non-hydrogen) atoms. The lowest BCUT2D eigenvalue weighted by atomic mass is 10.1. The second kappa shape index (κ2) is 23.7. The third-order valence-electron chi connectivity index (χ3n) is 4.94. The van der Waals surface area contributed by atoms with Crippen LogP contribution in [0, 0.1) is 0 Å². The highest BCUT2D eigenvalue weighted by Crippen LogP contribution is 2.36. The van der Waals surface area contributed by atoms with E-state index in [2.05, 4.69) is 52.5 Å². The summed E-state index contributed by atoms with van der Waals surface area (Å²) in [4.78, 5) is 0. The van der Waals surface area contributed by atoms with Crippen LogP contribution in [0.4, 0.5) is 22.7 Å². The summed E-state index contributed by atoms with van der Waals surface area (Å²) >= 11 is 0. The van der Waals surface area contributed by atoms with Gasteiger partial charge in [0.15, 0.2) is 0 Å². The van der Waals surface area contributed by atoms with Crippen LogP contribution in [-0.2, 0) is 0 Å². The maximum atomic E-state index is 4.57. The molecule has 0 radical (unpaired) electrons. The van der Waals surface area contributed by atoms with Gasteiger partial charge < -0.3 is 0 Å². The summed E-state index contributed by atoms with van der Waals surface area (Å²) in [6.45, 7) is 20.2. The van der Waals surface area contributed by atoms with Gasteiger partial charge in [-0.3, -0.25) is 0 Å². The number of nitrogens with zero attached hydrogens (tertiary/aromatic N) is 4. The van der Waals surface area contributed by atoms with Crippen molar-refractivity contribution in [1.29, 1.82) is 0 Å². The summed E-state index contributed by atoms with van der Waals surface area (Å²) in [5.74, 6) is 0. The van der Waals surface area contributed by atoms with Crippen LogP contribution in [0.5, 0.6) is 0 Å². The Bertz CT molecular complexity index is 1400. The second-order valence-corrected chi connectivity index (χ2v) is 7.59. The number of rotatable bonds is 4. The van der Waals surface area contributed by atoms with Gasteiger partial charge in [0.05, 0.1) is 22.7 Å². The predicted octanol–water partition coefficient (Wildman–Crippen LogP) is 14.3. The third kappa shape index (κ3) is 11.8. The summed E-state index contributed by atoms with van der Waals surface area (Å²) in [6, 6.07) is 35.9. The topological polar surface area (TPSA) is 49.4 Å². The van der Waals surface area contributed by atoms with E-state index in [0.717, 1.165) is 44.3 Å². The van der Waals surface area contributed by atoms with Crippen LogP contribution in [0.15, 0.2) is 130 Å². The Balaban J connectivity index is 0.00000130. The van der Waals surface area contributed by atoms with Crippen LogP contribution in [0.2, 0.25) is 0 Å². The molecule has 0 aliphatic heterocycles. The van der Waals surface area contributed by atoms with E-state index in [1.54, 1.807) is 0 Å². The fourth-order valence-corrected chi connectivity index (χ4v) is 3.45. The van der Waals surface area contributed by atoms with Crippen molar-refractivity contribution in [2.45, 2.75) is 75.7 Å². The Labute approximate surface area is 249 Å². The van der Waals surface area contributed by atoms with Crippen molar-refractivity contribution >= 4 is 44.3 Å².